The SMILES string of the molecule is COC12C(COC(N)=O)C3=C(C(=O)C=C(N4CC4c4ccccc4)C3=O)N1CC1NC12. The number of fused-ring (bicyclic) bond motifs is 4. The Morgan fingerprint density at radius 1 is 1.26 bits per heavy atom. The lowest BCUT2D eigenvalue weighted by atomic mass is 9.84. The fourth-order valence-corrected chi connectivity index (χ4v) is 5.69. The topological polar surface area (TPSA) is 124 Å². The quantitative estimate of drug-likeness (QED) is 0.504. The highest BCUT2D eigenvalue weighted by atomic mass is 16.6. The number of ketones is 2. The van der Waals surface area contributed by atoms with E-state index in [1.165, 1.54) is 6.08 Å². The molecule has 5 unspecified atom stereocenters. The lowest BCUT2D eigenvalue weighted by Crippen LogP contribution is -2.55. The maximum Gasteiger partial charge on any atom is 0.404 e. The van der Waals surface area contributed by atoms with Crippen molar-refractivity contribution in [2.75, 3.05) is 26.8 Å². The van der Waals surface area contributed by atoms with Crippen LogP contribution in [0.3, 0.4) is 0 Å². The van der Waals surface area contributed by atoms with Gasteiger partial charge in [-0.25, -0.2) is 4.79 Å². The number of nitrogens with one attached hydrogen (secondary N) is 1. The number of amides is 1. The minimum absolute atomic E-state index is 0.0491. The molecule has 0 aromatic heterocycles. The summed E-state index contributed by atoms with van der Waals surface area (Å²) < 4.78 is 11.1. The van der Waals surface area contributed by atoms with Gasteiger partial charge in [-0.2, -0.15) is 0 Å². The Labute approximate surface area is 178 Å². The molecule has 0 bridgehead atoms. The number of hydrogen-bond donors (Lipinski definition) is 2. The van der Waals surface area contributed by atoms with Crippen LogP contribution in [0.25, 0.3) is 0 Å². The van der Waals surface area contributed by atoms with Crippen LogP contribution in [-0.2, 0) is 19.1 Å². The van der Waals surface area contributed by atoms with Crippen LogP contribution >= 0.6 is 0 Å². The summed E-state index contributed by atoms with van der Waals surface area (Å²) in [5, 5.41) is 3.35. The van der Waals surface area contributed by atoms with E-state index < -0.39 is 17.7 Å². The third kappa shape index (κ3) is 2.41. The second kappa shape index (κ2) is 6.18. The van der Waals surface area contributed by atoms with Gasteiger partial charge in [0.1, 0.15) is 6.61 Å². The van der Waals surface area contributed by atoms with Crippen molar-refractivity contribution in [2.45, 2.75) is 23.9 Å². The summed E-state index contributed by atoms with van der Waals surface area (Å²) >= 11 is 0. The molecule has 160 valence electrons. The molecule has 0 spiro atoms. The summed E-state index contributed by atoms with van der Waals surface area (Å²) in [4.78, 5) is 42.1. The average Bonchev–Trinajstić information content (AvgIpc) is 3.66. The van der Waals surface area contributed by atoms with Gasteiger partial charge in [0, 0.05) is 37.9 Å². The number of nitrogens with two attached hydrogens (primary N) is 1. The Bertz CT molecular complexity index is 1080. The monoisotopic (exact) mass is 422 g/mol. The van der Waals surface area contributed by atoms with Gasteiger partial charge in [0.05, 0.1) is 29.4 Å². The molecule has 5 atom stereocenters. The normalized spacial score (nSPS) is 34.9. The van der Waals surface area contributed by atoms with E-state index in [1.807, 2.05) is 40.1 Å². The summed E-state index contributed by atoms with van der Waals surface area (Å²) in [6.45, 7) is 1.10. The number of rotatable bonds is 5. The zero-order valence-corrected chi connectivity index (χ0v) is 16.9. The molecule has 3 N–H and O–H groups in total. The molecule has 31 heavy (non-hydrogen) atoms. The molecular formula is C22H22N4O5. The first-order valence-corrected chi connectivity index (χ1v) is 10.3. The Morgan fingerprint density at radius 2 is 2.03 bits per heavy atom. The second-order valence-corrected chi connectivity index (χ2v) is 8.56. The van der Waals surface area contributed by atoms with Gasteiger partial charge in [0.2, 0.25) is 11.6 Å². The van der Waals surface area contributed by atoms with Crippen LogP contribution in [0.2, 0.25) is 0 Å². The lowest BCUT2D eigenvalue weighted by Gasteiger charge is -2.39. The molecule has 9 nitrogen and oxygen atoms in total. The van der Waals surface area contributed by atoms with E-state index >= 15 is 0 Å². The molecule has 0 saturated carbocycles. The molecule has 4 aliphatic heterocycles. The summed E-state index contributed by atoms with van der Waals surface area (Å²) in [5.41, 5.74) is 6.47. The van der Waals surface area contributed by atoms with E-state index in [0.717, 1.165) is 5.56 Å². The molecule has 4 heterocycles. The van der Waals surface area contributed by atoms with Gasteiger partial charge >= 0.3 is 6.09 Å². The van der Waals surface area contributed by atoms with Crippen molar-refractivity contribution in [3.8, 4) is 0 Å². The van der Waals surface area contributed by atoms with Crippen LogP contribution in [0.5, 0.6) is 0 Å². The molecular weight excluding hydrogens is 400 g/mol. The maximum absolute atomic E-state index is 13.7. The number of allylic oxidation sites excluding steroid dienone is 2. The van der Waals surface area contributed by atoms with Gasteiger partial charge in [-0.05, 0) is 5.56 Å². The highest BCUT2D eigenvalue weighted by molar-refractivity contribution is 6.23. The highest BCUT2D eigenvalue weighted by Gasteiger charge is 2.72. The first-order valence-electron chi connectivity index (χ1n) is 10.3. The predicted molar refractivity (Wildman–Crippen MR) is 107 cm³/mol. The van der Waals surface area contributed by atoms with Gasteiger partial charge in [0.15, 0.2) is 5.72 Å². The Hall–Kier alpha value is -3.17. The first kappa shape index (κ1) is 18.6. The average molecular weight is 422 g/mol. The minimum Gasteiger partial charge on any atom is -0.449 e. The number of nitrogens with zero attached hydrogens (tertiary/aromatic N) is 2. The van der Waals surface area contributed by atoms with Crippen LogP contribution < -0.4 is 11.1 Å². The van der Waals surface area contributed by atoms with Gasteiger partial charge in [-0.1, -0.05) is 30.3 Å². The fourth-order valence-electron chi connectivity index (χ4n) is 5.69. The van der Waals surface area contributed by atoms with Crippen molar-refractivity contribution in [1.82, 2.24) is 15.1 Å². The zero-order valence-electron chi connectivity index (χ0n) is 16.9. The molecule has 6 rings (SSSR count). The highest BCUT2D eigenvalue weighted by Crippen LogP contribution is 2.56. The smallest absolute Gasteiger partial charge is 0.404 e. The molecule has 3 fully saturated rings. The van der Waals surface area contributed by atoms with Crippen molar-refractivity contribution >= 4 is 17.7 Å². The molecule has 1 aromatic carbocycles. The van der Waals surface area contributed by atoms with Crippen molar-refractivity contribution in [3.63, 3.8) is 0 Å². The third-order valence-corrected chi connectivity index (χ3v) is 7.11. The Morgan fingerprint density at radius 3 is 2.74 bits per heavy atom. The molecule has 5 aliphatic rings. The maximum atomic E-state index is 13.7. The molecule has 0 radical (unpaired) electrons. The standard InChI is InChI=1S/C22H22N4O5/c1-30-22-12(10-31-21(23)29)17-18(26(22)8-13-20(22)24-13)16(27)7-14(19(17)28)25-9-15(25)11-5-3-2-4-6-11/h2-7,12-13,15,20,24H,8-10H2,1H3,(H2,23,29). The number of piperazine rings is 1. The molecule has 1 aliphatic carbocycles. The van der Waals surface area contributed by atoms with Crippen LogP contribution in [0.15, 0.2) is 53.4 Å². The molecule has 3 saturated heterocycles. The van der Waals surface area contributed by atoms with Crippen molar-refractivity contribution < 1.29 is 23.9 Å². The van der Waals surface area contributed by atoms with Crippen LogP contribution in [0.4, 0.5) is 4.79 Å². The summed E-state index contributed by atoms with van der Waals surface area (Å²) in [6.07, 6.45) is 0.518. The molecule has 1 aromatic rings. The molecule has 1 amide bonds. The first-order chi connectivity index (χ1) is 15.0. The zero-order chi connectivity index (χ0) is 21.5. The van der Waals surface area contributed by atoms with Crippen molar-refractivity contribution in [1.29, 1.82) is 0 Å². The number of benzene rings is 1. The van der Waals surface area contributed by atoms with Gasteiger partial charge in [-0.15, -0.1) is 0 Å². The third-order valence-electron chi connectivity index (χ3n) is 7.11. The largest absolute Gasteiger partial charge is 0.449 e. The second-order valence-electron chi connectivity index (χ2n) is 8.56. The number of Topliss-reactive ketones (excluding diaryl/α,β-unsaturated/α-hetero) is 1. The van der Waals surface area contributed by atoms with Crippen molar-refractivity contribution in [2.24, 2.45) is 11.7 Å². The van der Waals surface area contributed by atoms with E-state index in [1.54, 1.807) is 7.11 Å². The number of carbonyl (C=O) groups excluding carboxylic acids is 3. The van der Waals surface area contributed by atoms with Crippen LogP contribution in [0, 0.1) is 5.92 Å². The summed E-state index contributed by atoms with van der Waals surface area (Å²) in [5.74, 6) is -1.04. The number of ether oxygens (including phenoxy) is 2. The van der Waals surface area contributed by atoms with E-state index in [0.29, 0.717) is 30.1 Å². The Balaban J connectivity index is 1.36. The van der Waals surface area contributed by atoms with E-state index in [9.17, 15) is 14.4 Å². The lowest BCUT2D eigenvalue weighted by molar-refractivity contribution is -0.137. The van der Waals surface area contributed by atoms with Gasteiger partial charge in [-0.3, -0.25) is 9.59 Å². The predicted octanol–water partition coefficient (Wildman–Crippen LogP) is 0.0569. The van der Waals surface area contributed by atoms with E-state index in [4.69, 9.17) is 15.2 Å². The van der Waals surface area contributed by atoms with Crippen molar-refractivity contribution in [3.05, 3.63) is 58.9 Å². The van der Waals surface area contributed by atoms with Gasteiger partial charge < -0.3 is 30.3 Å². The number of hydrogen-bond acceptors (Lipinski definition) is 8. The summed E-state index contributed by atoms with van der Waals surface area (Å²) in [6, 6.07) is 10.1. The minimum atomic E-state index is -0.947. The number of primary amides is 1. The van der Waals surface area contributed by atoms with Crippen LogP contribution in [-0.4, -0.2) is 72.1 Å². The number of carbonyl (C=O) groups is 3. The Kier molecular flexibility index (Phi) is 3.70. The van der Waals surface area contributed by atoms with E-state index in [-0.39, 0.29) is 36.3 Å². The summed E-state index contributed by atoms with van der Waals surface area (Å²) in [7, 11) is 1.56. The van der Waals surface area contributed by atoms with Crippen LogP contribution in [0.1, 0.15) is 11.6 Å². The fraction of sp³-hybridized carbons (Fsp3) is 0.409. The van der Waals surface area contributed by atoms with E-state index in [2.05, 4.69) is 5.32 Å². The number of methoxy groups -OCH3 is 1. The molecule has 9 heteroatoms. The van der Waals surface area contributed by atoms with Gasteiger partial charge in [0.25, 0.3) is 0 Å².